The second-order valence-corrected chi connectivity index (χ2v) is 15.2. The molecule has 0 aromatic heterocycles. The van der Waals surface area contributed by atoms with E-state index in [1.165, 1.54) is 14.2 Å². The van der Waals surface area contributed by atoms with E-state index in [1.807, 2.05) is 12.2 Å². The van der Waals surface area contributed by atoms with Gasteiger partial charge in [-0.25, -0.2) is 0 Å². The molecule has 0 unspecified atom stereocenters. The van der Waals surface area contributed by atoms with Crippen LogP contribution in [0.5, 0.6) is 0 Å². The predicted octanol–water partition coefficient (Wildman–Crippen LogP) is 3.67. The van der Waals surface area contributed by atoms with Crippen molar-refractivity contribution in [3.05, 3.63) is 12.2 Å². The summed E-state index contributed by atoms with van der Waals surface area (Å²) in [5, 5.41) is 0. The van der Waals surface area contributed by atoms with Gasteiger partial charge in [-0.15, -0.1) is 44.3 Å². The highest BCUT2D eigenvalue weighted by molar-refractivity contribution is 7.43. The molecule has 0 bridgehead atoms. The highest BCUT2D eigenvalue weighted by Gasteiger charge is 2.29. The van der Waals surface area contributed by atoms with E-state index in [1.54, 1.807) is 0 Å². The van der Waals surface area contributed by atoms with Crippen LogP contribution < -0.4 is 0 Å². The van der Waals surface area contributed by atoms with Crippen molar-refractivity contribution in [3.8, 4) is 0 Å². The van der Waals surface area contributed by atoms with Gasteiger partial charge < -0.3 is 8.85 Å². The SMILES string of the molecule is CO[Si](Cl)(Cl)CC=CC[Si](Cl)(Cl)OC. The monoisotopic (exact) mass is 312 g/mol. The van der Waals surface area contributed by atoms with E-state index in [0.29, 0.717) is 12.1 Å². The lowest BCUT2D eigenvalue weighted by molar-refractivity contribution is 0.428. The van der Waals surface area contributed by atoms with E-state index in [-0.39, 0.29) is 0 Å². The topological polar surface area (TPSA) is 18.5 Å². The zero-order chi connectivity index (χ0) is 11.2. The van der Waals surface area contributed by atoms with Crippen molar-refractivity contribution >= 4 is 58.2 Å². The van der Waals surface area contributed by atoms with E-state index >= 15 is 0 Å². The van der Waals surface area contributed by atoms with Crippen molar-refractivity contribution in [1.82, 2.24) is 0 Å². The third-order valence-electron chi connectivity index (χ3n) is 1.47. The van der Waals surface area contributed by atoms with Gasteiger partial charge in [-0.05, 0) is 0 Å². The molecule has 0 spiro atoms. The standard InChI is InChI=1S/C6H12Cl4O2Si2/c1-11-13(7,8)5-3-4-6-14(9,10)12-2/h3-4H,5-6H2,1-2H3. The summed E-state index contributed by atoms with van der Waals surface area (Å²) < 4.78 is 9.86. The van der Waals surface area contributed by atoms with Crippen LogP contribution in [0.15, 0.2) is 12.2 Å². The molecule has 0 radical (unpaired) electrons. The van der Waals surface area contributed by atoms with Gasteiger partial charge in [0.1, 0.15) is 0 Å². The number of allylic oxidation sites excluding steroid dienone is 2. The highest BCUT2D eigenvalue weighted by atomic mass is 35.7. The van der Waals surface area contributed by atoms with Crippen molar-refractivity contribution in [1.29, 1.82) is 0 Å². The largest absolute Gasteiger partial charge is 0.395 e. The molecule has 0 aromatic rings. The minimum Gasteiger partial charge on any atom is -0.395 e. The molecule has 0 aliphatic heterocycles. The smallest absolute Gasteiger partial charge is 0.393 e. The van der Waals surface area contributed by atoms with Crippen LogP contribution in [0.4, 0.5) is 0 Å². The van der Waals surface area contributed by atoms with Gasteiger partial charge in [-0.3, -0.25) is 0 Å². The summed E-state index contributed by atoms with van der Waals surface area (Å²) in [5.74, 6) is 0. The molecule has 0 saturated heterocycles. The van der Waals surface area contributed by atoms with Gasteiger partial charge in [0.2, 0.25) is 0 Å². The first-order valence-electron chi connectivity index (χ1n) is 3.84. The molecule has 84 valence electrons. The van der Waals surface area contributed by atoms with E-state index in [4.69, 9.17) is 53.2 Å². The van der Waals surface area contributed by atoms with Crippen molar-refractivity contribution in [2.45, 2.75) is 12.1 Å². The zero-order valence-corrected chi connectivity index (χ0v) is 12.9. The van der Waals surface area contributed by atoms with E-state index in [9.17, 15) is 0 Å². The summed E-state index contributed by atoms with van der Waals surface area (Å²) in [4.78, 5) is 0. The Morgan fingerprint density at radius 3 is 1.36 bits per heavy atom. The number of halogens is 4. The lowest BCUT2D eigenvalue weighted by Gasteiger charge is -2.12. The maximum atomic E-state index is 5.85. The minimum atomic E-state index is -2.54. The highest BCUT2D eigenvalue weighted by Crippen LogP contribution is 2.24. The Morgan fingerprint density at radius 2 is 1.14 bits per heavy atom. The quantitative estimate of drug-likeness (QED) is 0.423. The molecule has 0 N–H and O–H groups in total. The van der Waals surface area contributed by atoms with Crippen LogP contribution in [0.1, 0.15) is 0 Å². The lowest BCUT2D eigenvalue weighted by Crippen LogP contribution is -2.22. The third-order valence-corrected chi connectivity index (χ3v) is 7.79. The average Bonchev–Trinajstić information content (AvgIpc) is 2.13. The summed E-state index contributed by atoms with van der Waals surface area (Å²) >= 11 is 23.4. The number of rotatable bonds is 6. The van der Waals surface area contributed by atoms with Crippen LogP contribution in [0.3, 0.4) is 0 Å². The molecule has 14 heavy (non-hydrogen) atoms. The van der Waals surface area contributed by atoms with Crippen molar-refractivity contribution in [2.24, 2.45) is 0 Å². The first-order valence-corrected chi connectivity index (χ1v) is 12.1. The fraction of sp³-hybridized carbons (Fsp3) is 0.667. The molecule has 0 heterocycles. The molecule has 2 nitrogen and oxygen atoms in total. The molecule has 0 saturated carbocycles. The Labute approximate surface area is 105 Å². The number of hydrogen-bond acceptors (Lipinski definition) is 2. The number of hydrogen-bond donors (Lipinski definition) is 0. The van der Waals surface area contributed by atoms with E-state index < -0.39 is 13.9 Å². The van der Waals surface area contributed by atoms with Gasteiger partial charge >= 0.3 is 13.9 Å². The average molecular weight is 314 g/mol. The maximum Gasteiger partial charge on any atom is 0.393 e. The van der Waals surface area contributed by atoms with Crippen molar-refractivity contribution in [3.63, 3.8) is 0 Å². The van der Waals surface area contributed by atoms with Crippen molar-refractivity contribution in [2.75, 3.05) is 14.2 Å². The summed E-state index contributed by atoms with van der Waals surface area (Å²) in [6, 6.07) is 1.02. The van der Waals surface area contributed by atoms with Crippen LogP contribution in [-0.4, -0.2) is 28.1 Å². The zero-order valence-electron chi connectivity index (χ0n) is 7.90. The van der Waals surface area contributed by atoms with Crippen LogP contribution in [0, 0.1) is 0 Å². The van der Waals surface area contributed by atoms with Gasteiger partial charge in [0.25, 0.3) is 0 Å². The normalized spacial score (nSPS) is 13.9. The first-order chi connectivity index (χ1) is 6.33. The summed E-state index contributed by atoms with van der Waals surface area (Å²) in [7, 11) is 2.99. The Hall–Kier alpha value is 1.25. The Kier molecular flexibility index (Phi) is 7.36. The second kappa shape index (κ2) is 6.75. The molecule has 0 aliphatic rings. The first kappa shape index (κ1) is 15.3. The van der Waals surface area contributed by atoms with Gasteiger partial charge in [-0.2, -0.15) is 0 Å². The summed E-state index contributed by atoms with van der Waals surface area (Å²) in [6.07, 6.45) is 3.64. The summed E-state index contributed by atoms with van der Waals surface area (Å²) in [5.41, 5.74) is 0. The van der Waals surface area contributed by atoms with Crippen LogP contribution in [-0.2, 0) is 8.85 Å². The molecule has 0 atom stereocenters. The maximum absolute atomic E-state index is 5.85. The second-order valence-electron chi connectivity index (χ2n) is 2.56. The van der Waals surface area contributed by atoms with Gasteiger partial charge in [0.15, 0.2) is 0 Å². The Balaban J connectivity index is 3.86. The molecule has 0 fully saturated rings. The molecular formula is C6H12Cl4O2Si2. The van der Waals surface area contributed by atoms with Crippen LogP contribution in [0.25, 0.3) is 0 Å². The minimum absolute atomic E-state index is 0.509. The molecule has 0 aromatic carbocycles. The molecular weight excluding hydrogens is 302 g/mol. The van der Waals surface area contributed by atoms with Gasteiger partial charge in [-0.1, -0.05) is 12.2 Å². The Morgan fingerprint density at radius 1 is 0.857 bits per heavy atom. The van der Waals surface area contributed by atoms with Gasteiger partial charge in [0.05, 0.1) is 0 Å². The summed E-state index contributed by atoms with van der Waals surface area (Å²) in [6.45, 7) is -5.08. The van der Waals surface area contributed by atoms with Gasteiger partial charge in [0, 0.05) is 26.3 Å². The van der Waals surface area contributed by atoms with Crippen LogP contribution >= 0.6 is 44.3 Å². The van der Waals surface area contributed by atoms with Crippen LogP contribution in [0.2, 0.25) is 12.1 Å². The molecule has 0 amide bonds. The molecule has 0 rings (SSSR count). The van der Waals surface area contributed by atoms with Crippen molar-refractivity contribution < 1.29 is 8.85 Å². The fourth-order valence-corrected chi connectivity index (χ4v) is 2.89. The lowest BCUT2D eigenvalue weighted by atomic mass is 10.6. The predicted molar refractivity (Wildman–Crippen MR) is 67.7 cm³/mol. The Bertz CT molecular complexity index is 178. The fourth-order valence-electron chi connectivity index (χ4n) is 0.608. The van der Waals surface area contributed by atoms with E-state index in [2.05, 4.69) is 0 Å². The third kappa shape index (κ3) is 7.53. The molecule has 0 aliphatic carbocycles. The van der Waals surface area contributed by atoms with E-state index in [0.717, 1.165) is 0 Å². The molecule has 8 heteroatoms.